The van der Waals surface area contributed by atoms with Crippen molar-refractivity contribution in [2.24, 2.45) is 5.73 Å². The van der Waals surface area contributed by atoms with Gasteiger partial charge in [0.2, 0.25) is 0 Å². The van der Waals surface area contributed by atoms with Crippen LogP contribution in [-0.4, -0.2) is 54.6 Å². The van der Waals surface area contributed by atoms with Gasteiger partial charge in [-0.15, -0.1) is 0 Å². The van der Waals surface area contributed by atoms with Crippen molar-refractivity contribution in [1.29, 1.82) is 0 Å². The van der Waals surface area contributed by atoms with Crippen molar-refractivity contribution in [3.8, 4) is 0 Å². The minimum absolute atomic E-state index is 0.429. The molecular weight excluding hydrogens is 186 g/mol. The maximum absolute atomic E-state index is 5.92. The van der Waals surface area contributed by atoms with Crippen LogP contribution in [0.5, 0.6) is 0 Å². The van der Waals surface area contributed by atoms with Crippen molar-refractivity contribution >= 4 is 0 Å². The molecule has 2 atom stereocenters. The minimum Gasteiger partial charge on any atom is -0.326 e. The molecule has 3 nitrogen and oxygen atoms in total. The highest BCUT2D eigenvalue weighted by Crippen LogP contribution is 2.14. The average Bonchev–Trinajstić information content (AvgIpc) is 2.65. The summed E-state index contributed by atoms with van der Waals surface area (Å²) in [6, 6.07) is 1.15. The van der Waals surface area contributed by atoms with E-state index in [4.69, 9.17) is 5.73 Å². The fourth-order valence-electron chi connectivity index (χ4n) is 2.88. The molecule has 0 aromatic rings. The Bertz CT molecular complexity index is 189. The zero-order valence-corrected chi connectivity index (χ0v) is 9.99. The molecule has 0 radical (unpaired) electrons. The van der Waals surface area contributed by atoms with Crippen molar-refractivity contribution in [2.45, 2.75) is 44.7 Å². The number of hydrogen-bond acceptors (Lipinski definition) is 3. The smallest absolute Gasteiger partial charge is 0.0194 e. The van der Waals surface area contributed by atoms with Gasteiger partial charge in [-0.05, 0) is 45.8 Å². The van der Waals surface area contributed by atoms with Gasteiger partial charge in [-0.25, -0.2) is 0 Å². The first-order valence-electron chi connectivity index (χ1n) is 6.47. The van der Waals surface area contributed by atoms with Crippen molar-refractivity contribution in [3.63, 3.8) is 0 Å². The lowest BCUT2D eigenvalue weighted by molar-refractivity contribution is 0.138. The molecule has 0 aliphatic carbocycles. The number of nitrogens with zero attached hydrogens (tertiary/aromatic N) is 2. The number of piperidine rings is 1. The van der Waals surface area contributed by atoms with E-state index in [0.29, 0.717) is 6.04 Å². The van der Waals surface area contributed by atoms with Gasteiger partial charge in [0, 0.05) is 25.2 Å². The summed E-state index contributed by atoms with van der Waals surface area (Å²) in [7, 11) is 0. The van der Waals surface area contributed by atoms with E-state index in [-0.39, 0.29) is 0 Å². The summed E-state index contributed by atoms with van der Waals surface area (Å²) in [4.78, 5) is 5.18. The Morgan fingerprint density at radius 2 is 1.93 bits per heavy atom. The second-order valence-corrected chi connectivity index (χ2v) is 5.25. The van der Waals surface area contributed by atoms with Gasteiger partial charge in [-0.2, -0.15) is 0 Å². The van der Waals surface area contributed by atoms with Crippen LogP contribution >= 0.6 is 0 Å². The molecule has 2 unspecified atom stereocenters. The van der Waals surface area contributed by atoms with Gasteiger partial charge < -0.3 is 10.6 Å². The van der Waals surface area contributed by atoms with Gasteiger partial charge in [0.25, 0.3) is 0 Å². The molecule has 0 saturated carbocycles. The SMILES string of the molecule is CC(CN1CCC(N)C1)N1CCCCC1. The maximum atomic E-state index is 5.92. The van der Waals surface area contributed by atoms with E-state index in [1.165, 1.54) is 51.9 Å². The fourth-order valence-corrected chi connectivity index (χ4v) is 2.88. The Labute approximate surface area is 93.6 Å². The van der Waals surface area contributed by atoms with Gasteiger partial charge in [0.05, 0.1) is 0 Å². The van der Waals surface area contributed by atoms with Crippen molar-refractivity contribution in [2.75, 3.05) is 32.7 Å². The van der Waals surface area contributed by atoms with E-state index in [9.17, 15) is 0 Å². The summed E-state index contributed by atoms with van der Waals surface area (Å²) in [5.41, 5.74) is 5.92. The summed E-state index contributed by atoms with van der Waals surface area (Å²) in [6.07, 6.45) is 5.40. The molecule has 15 heavy (non-hydrogen) atoms. The third-order valence-corrected chi connectivity index (χ3v) is 3.85. The van der Waals surface area contributed by atoms with Crippen LogP contribution in [0, 0.1) is 0 Å². The maximum Gasteiger partial charge on any atom is 0.0194 e. The van der Waals surface area contributed by atoms with Crippen molar-refractivity contribution < 1.29 is 0 Å². The minimum atomic E-state index is 0.429. The summed E-state index contributed by atoms with van der Waals surface area (Å²) >= 11 is 0. The van der Waals surface area contributed by atoms with Gasteiger partial charge in [0.15, 0.2) is 0 Å². The zero-order chi connectivity index (χ0) is 10.7. The quantitative estimate of drug-likeness (QED) is 0.752. The number of nitrogens with two attached hydrogens (primary N) is 1. The number of hydrogen-bond donors (Lipinski definition) is 1. The Morgan fingerprint density at radius 1 is 1.20 bits per heavy atom. The van der Waals surface area contributed by atoms with Crippen LogP contribution < -0.4 is 5.73 Å². The molecule has 2 N–H and O–H groups in total. The molecule has 0 spiro atoms. The van der Waals surface area contributed by atoms with Crippen LogP contribution in [0.4, 0.5) is 0 Å². The third kappa shape index (κ3) is 3.16. The molecule has 88 valence electrons. The molecule has 2 saturated heterocycles. The second kappa shape index (κ2) is 5.28. The molecule has 0 aromatic heterocycles. The van der Waals surface area contributed by atoms with Crippen LogP contribution in [0.3, 0.4) is 0 Å². The molecule has 0 aromatic carbocycles. The van der Waals surface area contributed by atoms with Crippen LogP contribution in [-0.2, 0) is 0 Å². The molecular formula is C12H25N3. The number of rotatable bonds is 3. The van der Waals surface area contributed by atoms with E-state index in [1.54, 1.807) is 0 Å². The predicted molar refractivity (Wildman–Crippen MR) is 63.9 cm³/mol. The molecule has 2 aliphatic heterocycles. The molecule has 0 amide bonds. The normalized spacial score (nSPS) is 32.0. The fraction of sp³-hybridized carbons (Fsp3) is 1.00. The Hall–Kier alpha value is -0.120. The molecule has 2 fully saturated rings. The molecule has 3 heteroatoms. The van der Waals surface area contributed by atoms with E-state index in [2.05, 4.69) is 16.7 Å². The zero-order valence-electron chi connectivity index (χ0n) is 9.99. The topological polar surface area (TPSA) is 32.5 Å². The van der Waals surface area contributed by atoms with Gasteiger partial charge in [0.1, 0.15) is 0 Å². The standard InChI is InChI=1S/C12H25N3/c1-11(15-6-3-2-4-7-15)9-14-8-5-12(13)10-14/h11-12H,2-10,13H2,1H3. The lowest BCUT2D eigenvalue weighted by atomic mass is 10.1. The number of likely N-dealkylation sites (tertiary alicyclic amines) is 2. The van der Waals surface area contributed by atoms with E-state index >= 15 is 0 Å². The van der Waals surface area contributed by atoms with Gasteiger partial charge in [-0.3, -0.25) is 4.90 Å². The van der Waals surface area contributed by atoms with Crippen LogP contribution in [0.2, 0.25) is 0 Å². The monoisotopic (exact) mass is 211 g/mol. The van der Waals surface area contributed by atoms with E-state index < -0.39 is 0 Å². The Morgan fingerprint density at radius 3 is 2.53 bits per heavy atom. The summed E-state index contributed by atoms with van der Waals surface area (Å²) in [6.45, 7) is 8.52. The highest BCUT2D eigenvalue weighted by Gasteiger charge is 2.23. The Balaban J connectivity index is 1.73. The average molecular weight is 211 g/mol. The second-order valence-electron chi connectivity index (χ2n) is 5.25. The first-order chi connectivity index (χ1) is 7.25. The van der Waals surface area contributed by atoms with Crippen LogP contribution in [0.25, 0.3) is 0 Å². The summed E-state index contributed by atoms with van der Waals surface area (Å²) in [5.74, 6) is 0. The highest BCUT2D eigenvalue weighted by atomic mass is 15.2. The largest absolute Gasteiger partial charge is 0.326 e. The first-order valence-corrected chi connectivity index (χ1v) is 6.47. The lowest BCUT2D eigenvalue weighted by Gasteiger charge is -2.34. The first kappa shape index (κ1) is 11.4. The van der Waals surface area contributed by atoms with Gasteiger partial charge in [-0.1, -0.05) is 6.42 Å². The lowest BCUT2D eigenvalue weighted by Crippen LogP contribution is -2.44. The summed E-state index contributed by atoms with van der Waals surface area (Å²) in [5, 5.41) is 0. The van der Waals surface area contributed by atoms with E-state index in [0.717, 1.165) is 12.6 Å². The Kier molecular flexibility index (Phi) is 4.00. The molecule has 2 aliphatic rings. The predicted octanol–water partition coefficient (Wildman–Crippen LogP) is 0.894. The highest BCUT2D eigenvalue weighted by molar-refractivity contribution is 4.82. The van der Waals surface area contributed by atoms with Crippen molar-refractivity contribution in [1.82, 2.24) is 9.80 Å². The molecule has 2 heterocycles. The van der Waals surface area contributed by atoms with E-state index in [1.807, 2.05) is 0 Å². The van der Waals surface area contributed by atoms with Crippen molar-refractivity contribution in [3.05, 3.63) is 0 Å². The van der Waals surface area contributed by atoms with Crippen LogP contribution in [0.15, 0.2) is 0 Å². The molecule has 0 bridgehead atoms. The van der Waals surface area contributed by atoms with Gasteiger partial charge >= 0.3 is 0 Å². The molecule has 2 rings (SSSR count). The third-order valence-electron chi connectivity index (χ3n) is 3.85. The van der Waals surface area contributed by atoms with Crippen LogP contribution in [0.1, 0.15) is 32.6 Å². The summed E-state index contributed by atoms with van der Waals surface area (Å²) < 4.78 is 0.